The van der Waals surface area contributed by atoms with Crippen molar-refractivity contribution < 1.29 is 17.9 Å². The van der Waals surface area contributed by atoms with Crippen LogP contribution in [0.2, 0.25) is 0 Å². The van der Waals surface area contributed by atoms with Gasteiger partial charge in [0.1, 0.15) is 0 Å². The summed E-state index contributed by atoms with van der Waals surface area (Å²) in [7, 11) is -0.533. The van der Waals surface area contributed by atoms with Crippen LogP contribution in [-0.4, -0.2) is 41.9 Å². The van der Waals surface area contributed by atoms with Crippen molar-refractivity contribution in [3.8, 4) is 0 Å². The molecule has 0 aliphatic carbocycles. The van der Waals surface area contributed by atoms with Crippen LogP contribution in [0.15, 0.2) is 23.1 Å². The molecule has 1 atom stereocenters. The monoisotopic (exact) mass is 321 g/mol. The van der Waals surface area contributed by atoms with Crippen molar-refractivity contribution >= 4 is 21.6 Å². The van der Waals surface area contributed by atoms with Gasteiger partial charge in [0.2, 0.25) is 10.0 Å². The second-order valence-electron chi connectivity index (χ2n) is 4.39. The van der Waals surface area contributed by atoms with E-state index in [1.165, 1.54) is 14.2 Å². The Labute approximate surface area is 125 Å². The molecule has 7 heteroatoms. The summed E-state index contributed by atoms with van der Waals surface area (Å²) in [6, 6.07) is 4.89. The van der Waals surface area contributed by atoms with Crippen molar-refractivity contribution in [2.24, 2.45) is 0 Å². The third-order valence-electron chi connectivity index (χ3n) is 2.96. The van der Waals surface area contributed by atoms with E-state index in [4.69, 9.17) is 21.1 Å². The van der Waals surface area contributed by atoms with Crippen LogP contribution < -0.4 is 4.72 Å². The van der Waals surface area contributed by atoms with Crippen molar-refractivity contribution in [3.63, 3.8) is 0 Å². The molecule has 0 amide bonds. The summed E-state index contributed by atoms with van der Waals surface area (Å²) in [5.74, 6) is 0.277. The number of methoxy groups -OCH3 is 2. The van der Waals surface area contributed by atoms with Crippen LogP contribution in [0.25, 0.3) is 0 Å². The predicted octanol–water partition coefficient (Wildman–Crippen LogP) is 1.67. The lowest BCUT2D eigenvalue weighted by atomic mass is 10.1. The quantitative estimate of drug-likeness (QED) is 0.740. The maximum Gasteiger partial charge on any atom is 0.240 e. The first kappa shape index (κ1) is 17.4. The summed E-state index contributed by atoms with van der Waals surface area (Å²) >= 11 is 5.79. The average Bonchev–Trinajstić information content (AvgIpc) is 2.43. The summed E-state index contributed by atoms with van der Waals surface area (Å²) in [5.41, 5.74) is 1.77. The van der Waals surface area contributed by atoms with E-state index in [1.807, 2.05) is 6.92 Å². The highest BCUT2D eigenvalue weighted by Gasteiger charge is 2.17. The van der Waals surface area contributed by atoms with E-state index < -0.39 is 10.0 Å². The van der Waals surface area contributed by atoms with Crippen LogP contribution in [0.4, 0.5) is 0 Å². The van der Waals surface area contributed by atoms with Crippen LogP contribution >= 0.6 is 11.6 Å². The van der Waals surface area contributed by atoms with Crippen LogP contribution in [0.3, 0.4) is 0 Å². The van der Waals surface area contributed by atoms with Crippen LogP contribution in [-0.2, 0) is 25.4 Å². The van der Waals surface area contributed by atoms with E-state index in [0.29, 0.717) is 6.61 Å². The molecule has 1 aromatic rings. The van der Waals surface area contributed by atoms with Gasteiger partial charge in [0.05, 0.1) is 17.6 Å². The van der Waals surface area contributed by atoms with Crippen LogP contribution in [0, 0.1) is 6.92 Å². The number of ether oxygens (including phenoxy) is 2. The predicted molar refractivity (Wildman–Crippen MR) is 78.6 cm³/mol. The molecule has 20 heavy (non-hydrogen) atoms. The maximum absolute atomic E-state index is 12.2. The van der Waals surface area contributed by atoms with Crippen molar-refractivity contribution in [3.05, 3.63) is 29.3 Å². The van der Waals surface area contributed by atoms with Crippen LogP contribution in [0.5, 0.6) is 0 Å². The summed E-state index contributed by atoms with van der Waals surface area (Å²) in [4.78, 5) is 0.200. The molecular formula is C13H20ClNO4S. The van der Waals surface area contributed by atoms with Gasteiger partial charge < -0.3 is 9.47 Å². The number of aryl methyl sites for hydroxylation is 1. The first-order valence-corrected chi connectivity index (χ1v) is 8.13. The Morgan fingerprint density at radius 3 is 2.60 bits per heavy atom. The summed E-state index contributed by atoms with van der Waals surface area (Å²) in [6.45, 7) is 2.36. The minimum absolute atomic E-state index is 0.150. The van der Waals surface area contributed by atoms with E-state index in [1.54, 1.807) is 18.2 Å². The number of nitrogens with one attached hydrogen (secondary N) is 1. The van der Waals surface area contributed by atoms with Gasteiger partial charge >= 0.3 is 0 Å². The molecule has 1 aromatic carbocycles. The number of alkyl halides is 1. The molecule has 1 unspecified atom stereocenters. The molecule has 0 aliphatic rings. The lowest BCUT2D eigenvalue weighted by Crippen LogP contribution is -2.35. The first-order chi connectivity index (χ1) is 9.44. The largest absolute Gasteiger partial charge is 0.382 e. The molecule has 0 aliphatic heterocycles. The third kappa shape index (κ3) is 4.71. The molecule has 114 valence electrons. The highest BCUT2D eigenvalue weighted by Crippen LogP contribution is 2.17. The molecule has 0 heterocycles. The fourth-order valence-electron chi connectivity index (χ4n) is 1.64. The summed E-state index contributed by atoms with van der Waals surface area (Å²) in [5, 5.41) is 0. The van der Waals surface area contributed by atoms with Crippen LogP contribution in [0.1, 0.15) is 11.1 Å². The number of halogens is 1. The Morgan fingerprint density at radius 2 is 2.05 bits per heavy atom. The standard InChI is InChI=1S/C13H20ClNO4S/c1-10-4-5-13(6-11(10)7-14)20(16,17)15-8-12(19-3)9-18-2/h4-6,12,15H,7-9H2,1-3H3. The minimum atomic E-state index is -3.58. The highest BCUT2D eigenvalue weighted by molar-refractivity contribution is 7.89. The number of rotatable bonds is 8. The Balaban J connectivity index is 2.83. The van der Waals surface area contributed by atoms with Gasteiger partial charge in [-0.2, -0.15) is 0 Å². The molecule has 1 rings (SSSR count). The van der Waals surface area contributed by atoms with Gasteiger partial charge in [0, 0.05) is 26.6 Å². The van der Waals surface area contributed by atoms with Gasteiger partial charge in [-0.1, -0.05) is 6.07 Å². The summed E-state index contributed by atoms with van der Waals surface area (Å²) < 4.78 is 36.9. The highest BCUT2D eigenvalue weighted by atomic mass is 35.5. The Bertz CT molecular complexity index is 533. The topological polar surface area (TPSA) is 64.6 Å². The molecule has 0 saturated heterocycles. The maximum atomic E-state index is 12.2. The Hall–Kier alpha value is -0.660. The number of sulfonamides is 1. The zero-order chi connectivity index (χ0) is 15.2. The van der Waals surface area contributed by atoms with Gasteiger partial charge in [-0.05, 0) is 30.2 Å². The summed E-state index contributed by atoms with van der Waals surface area (Å²) in [6.07, 6.45) is -0.326. The Morgan fingerprint density at radius 1 is 1.35 bits per heavy atom. The fourth-order valence-corrected chi connectivity index (χ4v) is 3.05. The molecule has 0 fully saturated rings. The van der Waals surface area contributed by atoms with E-state index in [-0.39, 0.29) is 23.4 Å². The van der Waals surface area contributed by atoms with E-state index >= 15 is 0 Å². The fraction of sp³-hybridized carbons (Fsp3) is 0.538. The number of hydrogen-bond acceptors (Lipinski definition) is 4. The average molecular weight is 322 g/mol. The molecule has 0 spiro atoms. The lowest BCUT2D eigenvalue weighted by Gasteiger charge is -2.15. The molecular weight excluding hydrogens is 302 g/mol. The minimum Gasteiger partial charge on any atom is -0.382 e. The third-order valence-corrected chi connectivity index (χ3v) is 4.67. The SMILES string of the molecule is COCC(CNS(=O)(=O)c1ccc(C)c(CCl)c1)OC. The van der Waals surface area contributed by atoms with Gasteiger partial charge in [0.25, 0.3) is 0 Å². The Kier molecular flexibility index (Phi) is 6.91. The van der Waals surface area contributed by atoms with Gasteiger partial charge in [-0.25, -0.2) is 13.1 Å². The van der Waals surface area contributed by atoms with Crippen molar-refractivity contribution in [1.29, 1.82) is 0 Å². The zero-order valence-electron chi connectivity index (χ0n) is 11.8. The number of hydrogen-bond donors (Lipinski definition) is 1. The van der Waals surface area contributed by atoms with E-state index in [0.717, 1.165) is 11.1 Å². The van der Waals surface area contributed by atoms with E-state index in [2.05, 4.69) is 4.72 Å². The molecule has 1 N–H and O–H groups in total. The zero-order valence-corrected chi connectivity index (χ0v) is 13.4. The van der Waals surface area contributed by atoms with Gasteiger partial charge in [-0.3, -0.25) is 0 Å². The number of benzene rings is 1. The normalized spacial score (nSPS) is 13.4. The second-order valence-corrected chi connectivity index (χ2v) is 6.42. The van der Waals surface area contributed by atoms with Gasteiger partial charge in [-0.15, -0.1) is 11.6 Å². The molecule has 0 bridgehead atoms. The second kappa shape index (κ2) is 7.95. The molecule has 5 nitrogen and oxygen atoms in total. The first-order valence-electron chi connectivity index (χ1n) is 6.11. The molecule has 0 saturated carbocycles. The lowest BCUT2D eigenvalue weighted by molar-refractivity contribution is 0.0320. The van der Waals surface area contributed by atoms with Crippen molar-refractivity contribution in [2.75, 3.05) is 27.4 Å². The molecule has 0 aromatic heterocycles. The molecule has 0 radical (unpaired) electrons. The van der Waals surface area contributed by atoms with Gasteiger partial charge in [0.15, 0.2) is 0 Å². The van der Waals surface area contributed by atoms with Crippen molar-refractivity contribution in [1.82, 2.24) is 4.72 Å². The van der Waals surface area contributed by atoms with E-state index in [9.17, 15) is 8.42 Å². The van der Waals surface area contributed by atoms with Crippen molar-refractivity contribution in [2.45, 2.75) is 23.8 Å². The smallest absolute Gasteiger partial charge is 0.240 e.